The highest BCUT2D eigenvalue weighted by Crippen LogP contribution is 2.31. The van der Waals surface area contributed by atoms with Crippen LogP contribution in [-0.2, 0) is 4.79 Å². The number of benzene rings is 2. The average molecular weight is 443 g/mol. The number of nitrogens with one attached hydrogen (secondary N) is 2. The number of hydrogen-bond donors (Lipinski definition) is 2. The number of carbonyl (C=O) groups is 2. The van der Waals surface area contributed by atoms with Crippen LogP contribution in [0.1, 0.15) is 30.0 Å². The van der Waals surface area contributed by atoms with E-state index in [1.807, 2.05) is 19.9 Å². The number of rotatable bonds is 6. The lowest BCUT2D eigenvalue weighted by Gasteiger charge is -2.12. The summed E-state index contributed by atoms with van der Waals surface area (Å²) in [7, 11) is 0. The molecule has 5 nitrogen and oxygen atoms in total. The van der Waals surface area contributed by atoms with Gasteiger partial charge in [-0.05, 0) is 56.3 Å². The van der Waals surface area contributed by atoms with Gasteiger partial charge in [0.2, 0.25) is 0 Å². The van der Waals surface area contributed by atoms with Crippen molar-refractivity contribution in [3.05, 3.63) is 87.7 Å². The van der Waals surface area contributed by atoms with E-state index in [1.165, 1.54) is 6.08 Å². The molecule has 0 fully saturated rings. The minimum absolute atomic E-state index is 0.0701. The standard InChI is InChI=1S/C23H20Cl2N2O3/c1-14(2)26-23(29)20(27-22(28)15-6-4-3-5-7-15)13-17-9-11-21(30-17)18-10-8-16(24)12-19(18)25/h3-14H,1-2H3,(H,26,29)(H,27,28)/b20-13-. The highest BCUT2D eigenvalue weighted by Gasteiger charge is 2.17. The van der Waals surface area contributed by atoms with Gasteiger partial charge in [0.25, 0.3) is 11.8 Å². The Morgan fingerprint density at radius 2 is 1.73 bits per heavy atom. The van der Waals surface area contributed by atoms with Crippen molar-refractivity contribution in [3.8, 4) is 11.3 Å². The Bertz CT molecular complexity index is 1090. The number of halogens is 2. The average Bonchev–Trinajstić information content (AvgIpc) is 3.15. The molecule has 2 amide bonds. The van der Waals surface area contributed by atoms with Gasteiger partial charge < -0.3 is 15.1 Å². The SMILES string of the molecule is CC(C)NC(=O)/C(=C/c1ccc(-c2ccc(Cl)cc2Cl)o1)NC(=O)c1ccccc1. The van der Waals surface area contributed by atoms with Gasteiger partial charge in [0, 0.05) is 28.3 Å². The van der Waals surface area contributed by atoms with Crippen LogP contribution in [0.15, 0.2) is 70.8 Å². The van der Waals surface area contributed by atoms with E-state index in [-0.39, 0.29) is 11.7 Å². The molecule has 3 rings (SSSR count). The molecular formula is C23H20Cl2N2O3. The van der Waals surface area contributed by atoms with E-state index < -0.39 is 11.8 Å². The van der Waals surface area contributed by atoms with Gasteiger partial charge in [-0.2, -0.15) is 0 Å². The van der Waals surface area contributed by atoms with Crippen molar-refractivity contribution in [2.24, 2.45) is 0 Å². The van der Waals surface area contributed by atoms with Crippen molar-refractivity contribution in [2.45, 2.75) is 19.9 Å². The van der Waals surface area contributed by atoms with E-state index in [2.05, 4.69) is 10.6 Å². The zero-order valence-electron chi connectivity index (χ0n) is 16.4. The van der Waals surface area contributed by atoms with Crippen LogP contribution in [-0.4, -0.2) is 17.9 Å². The molecule has 0 saturated carbocycles. The predicted octanol–water partition coefficient (Wildman–Crippen LogP) is 5.55. The maximum Gasteiger partial charge on any atom is 0.268 e. The highest BCUT2D eigenvalue weighted by molar-refractivity contribution is 6.36. The first-order chi connectivity index (χ1) is 14.3. The Balaban J connectivity index is 1.90. The minimum atomic E-state index is -0.420. The third-order valence-corrected chi connectivity index (χ3v) is 4.61. The predicted molar refractivity (Wildman–Crippen MR) is 119 cm³/mol. The van der Waals surface area contributed by atoms with Gasteiger partial charge in [-0.15, -0.1) is 0 Å². The van der Waals surface area contributed by atoms with Crippen LogP contribution in [0, 0.1) is 0 Å². The highest BCUT2D eigenvalue weighted by atomic mass is 35.5. The second-order valence-electron chi connectivity index (χ2n) is 6.83. The van der Waals surface area contributed by atoms with Crippen molar-refractivity contribution in [2.75, 3.05) is 0 Å². The Morgan fingerprint density at radius 3 is 2.40 bits per heavy atom. The van der Waals surface area contributed by atoms with Crippen LogP contribution >= 0.6 is 23.2 Å². The van der Waals surface area contributed by atoms with Gasteiger partial charge in [-0.3, -0.25) is 9.59 Å². The Labute approximate surface area is 184 Å². The lowest BCUT2D eigenvalue weighted by molar-refractivity contribution is -0.118. The second-order valence-corrected chi connectivity index (χ2v) is 7.68. The molecule has 0 saturated heterocycles. The summed E-state index contributed by atoms with van der Waals surface area (Å²) >= 11 is 12.2. The van der Waals surface area contributed by atoms with E-state index >= 15 is 0 Å². The van der Waals surface area contributed by atoms with E-state index in [1.54, 1.807) is 54.6 Å². The Kier molecular flexibility index (Phi) is 6.98. The first-order valence-corrected chi connectivity index (χ1v) is 10.0. The minimum Gasteiger partial charge on any atom is -0.457 e. The quantitative estimate of drug-likeness (QED) is 0.491. The Morgan fingerprint density at radius 1 is 1.00 bits per heavy atom. The van der Waals surface area contributed by atoms with Gasteiger partial charge in [0.1, 0.15) is 17.2 Å². The molecule has 0 aliphatic carbocycles. The fraction of sp³-hybridized carbons (Fsp3) is 0.130. The third-order valence-electron chi connectivity index (χ3n) is 4.06. The zero-order chi connectivity index (χ0) is 21.7. The summed E-state index contributed by atoms with van der Waals surface area (Å²) in [6, 6.07) is 17.1. The molecule has 2 aromatic carbocycles. The maximum atomic E-state index is 12.6. The smallest absolute Gasteiger partial charge is 0.268 e. The zero-order valence-corrected chi connectivity index (χ0v) is 17.9. The van der Waals surface area contributed by atoms with Gasteiger partial charge in [-0.25, -0.2) is 0 Å². The fourth-order valence-electron chi connectivity index (χ4n) is 2.69. The summed E-state index contributed by atoms with van der Waals surface area (Å²) in [5.41, 5.74) is 1.18. The van der Waals surface area contributed by atoms with Gasteiger partial charge >= 0.3 is 0 Å². The Hall–Kier alpha value is -3.02. The van der Waals surface area contributed by atoms with Gasteiger partial charge in [0.15, 0.2) is 0 Å². The number of hydrogen-bond acceptors (Lipinski definition) is 3. The van der Waals surface area contributed by atoms with Crippen LogP contribution in [0.2, 0.25) is 10.0 Å². The number of furan rings is 1. The molecule has 0 radical (unpaired) electrons. The molecule has 154 valence electrons. The molecule has 0 aliphatic heterocycles. The summed E-state index contributed by atoms with van der Waals surface area (Å²) in [4.78, 5) is 25.2. The van der Waals surface area contributed by atoms with E-state index in [9.17, 15) is 9.59 Å². The second kappa shape index (κ2) is 9.65. The lowest BCUT2D eigenvalue weighted by Crippen LogP contribution is -2.38. The molecule has 30 heavy (non-hydrogen) atoms. The molecule has 0 aliphatic rings. The molecular weight excluding hydrogens is 423 g/mol. The summed E-state index contributed by atoms with van der Waals surface area (Å²) in [6.45, 7) is 3.67. The maximum absolute atomic E-state index is 12.6. The third kappa shape index (κ3) is 5.53. The molecule has 3 aromatic rings. The molecule has 2 N–H and O–H groups in total. The summed E-state index contributed by atoms with van der Waals surface area (Å²) in [5, 5.41) is 6.40. The topological polar surface area (TPSA) is 71.3 Å². The first kappa shape index (κ1) is 21.7. The molecule has 1 aromatic heterocycles. The largest absolute Gasteiger partial charge is 0.457 e. The van der Waals surface area contributed by atoms with E-state index in [4.69, 9.17) is 27.6 Å². The molecule has 1 heterocycles. The van der Waals surface area contributed by atoms with Gasteiger partial charge in [-0.1, -0.05) is 41.4 Å². The fourth-order valence-corrected chi connectivity index (χ4v) is 3.19. The number of carbonyl (C=O) groups excluding carboxylic acids is 2. The van der Waals surface area contributed by atoms with Crippen molar-refractivity contribution >= 4 is 41.1 Å². The van der Waals surface area contributed by atoms with Crippen molar-refractivity contribution in [1.29, 1.82) is 0 Å². The van der Waals surface area contributed by atoms with Crippen molar-refractivity contribution in [1.82, 2.24) is 10.6 Å². The molecule has 0 unspecified atom stereocenters. The summed E-state index contributed by atoms with van der Waals surface area (Å²) < 4.78 is 5.83. The molecule has 0 spiro atoms. The summed E-state index contributed by atoms with van der Waals surface area (Å²) in [6.07, 6.45) is 1.48. The van der Waals surface area contributed by atoms with Crippen LogP contribution in [0.3, 0.4) is 0 Å². The van der Waals surface area contributed by atoms with Crippen LogP contribution < -0.4 is 10.6 Å². The van der Waals surface area contributed by atoms with Crippen molar-refractivity contribution < 1.29 is 14.0 Å². The van der Waals surface area contributed by atoms with Crippen LogP contribution in [0.25, 0.3) is 17.4 Å². The monoisotopic (exact) mass is 442 g/mol. The molecule has 0 atom stereocenters. The summed E-state index contributed by atoms with van der Waals surface area (Å²) in [5.74, 6) is 0.0873. The van der Waals surface area contributed by atoms with E-state index in [0.717, 1.165) is 0 Å². The van der Waals surface area contributed by atoms with Crippen LogP contribution in [0.4, 0.5) is 0 Å². The lowest BCUT2D eigenvalue weighted by atomic mass is 10.2. The van der Waals surface area contributed by atoms with Gasteiger partial charge in [0.05, 0.1) is 5.02 Å². The molecule has 7 heteroatoms. The normalized spacial score (nSPS) is 11.4. The number of amides is 2. The molecule has 0 bridgehead atoms. The van der Waals surface area contributed by atoms with Crippen molar-refractivity contribution in [3.63, 3.8) is 0 Å². The van der Waals surface area contributed by atoms with Crippen LogP contribution in [0.5, 0.6) is 0 Å². The first-order valence-electron chi connectivity index (χ1n) is 9.27. The van der Waals surface area contributed by atoms with E-state index in [0.29, 0.717) is 32.7 Å².